The van der Waals surface area contributed by atoms with Gasteiger partial charge in [-0.05, 0) is 31.9 Å². The van der Waals surface area contributed by atoms with Gasteiger partial charge in [-0.15, -0.1) is 11.3 Å². The average Bonchev–Trinajstić information content (AvgIpc) is 2.78. The van der Waals surface area contributed by atoms with Gasteiger partial charge in [0.25, 0.3) is 5.91 Å². The number of carbonyl (C=O) groups excluding carboxylic acids is 1. The van der Waals surface area contributed by atoms with Crippen LogP contribution in [0.3, 0.4) is 0 Å². The Morgan fingerprint density at radius 3 is 2.81 bits per heavy atom. The Balaban J connectivity index is 1.91. The lowest BCUT2D eigenvalue weighted by Crippen LogP contribution is -2.49. The lowest BCUT2D eigenvalue weighted by Gasteiger charge is -2.34. The van der Waals surface area contributed by atoms with E-state index in [1.807, 2.05) is 6.92 Å². The molecule has 3 N–H and O–H groups in total. The molecule has 21 heavy (non-hydrogen) atoms. The first-order chi connectivity index (χ1) is 10.0. The monoisotopic (exact) mass is 308 g/mol. The quantitative estimate of drug-likeness (QED) is 0.896. The summed E-state index contributed by atoms with van der Waals surface area (Å²) in [4.78, 5) is 12.9. The maximum absolute atomic E-state index is 13.8. The van der Waals surface area contributed by atoms with E-state index in [0.717, 1.165) is 12.8 Å². The number of benzene rings is 1. The molecule has 3 rings (SSSR count). The molecule has 1 amide bonds. The first-order valence-corrected chi connectivity index (χ1v) is 7.69. The van der Waals surface area contributed by atoms with Gasteiger partial charge in [-0.25, -0.2) is 4.39 Å². The van der Waals surface area contributed by atoms with Crippen LogP contribution in [-0.4, -0.2) is 24.7 Å². The molecule has 2 heterocycles. The van der Waals surface area contributed by atoms with E-state index in [-0.39, 0.29) is 17.1 Å². The molecule has 1 aromatic carbocycles. The number of nitrogens with one attached hydrogen (secondary N) is 1. The van der Waals surface area contributed by atoms with Crippen molar-refractivity contribution < 1.29 is 13.9 Å². The topological polar surface area (TPSA) is 64.4 Å². The number of ether oxygens (including phenoxy) is 1. The van der Waals surface area contributed by atoms with Crippen molar-refractivity contribution in [2.45, 2.75) is 25.3 Å². The van der Waals surface area contributed by atoms with Crippen LogP contribution in [0.5, 0.6) is 0 Å². The molecule has 0 saturated carbocycles. The summed E-state index contributed by atoms with van der Waals surface area (Å²) in [6.45, 7) is 3.26. The summed E-state index contributed by atoms with van der Waals surface area (Å²) in [6, 6.07) is 4.74. The van der Waals surface area contributed by atoms with Gasteiger partial charge in [0, 0.05) is 23.5 Å². The molecule has 1 aromatic heterocycles. The van der Waals surface area contributed by atoms with Gasteiger partial charge < -0.3 is 15.8 Å². The summed E-state index contributed by atoms with van der Waals surface area (Å²) in [5, 5.41) is 3.36. The standard InChI is InChI=1S/C15H17FN2O2S/c1-15(5-7-20-8-6-15)18-14(19)13-12(17)11-9(16)3-2-4-10(11)21-13/h2-4H,5-8,17H2,1H3,(H,18,19). The van der Waals surface area contributed by atoms with Crippen molar-refractivity contribution in [1.82, 2.24) is 5.32 Å². The van der Waals surface area contributed by atoms with E-state index in [2.05, 4.69) is 5.32 Å². The summed E-state index contributed by atoms with van der Waals surface area (Å²) >= 11 is 1.23. The number of thiophene rings is 1. The minimum absolute atomic E-state index is 0.223. The smallest absolute Gasteiger partial charge is 0.263 e. The van der Waals surface area contributed by atoms with Gasteiger partial charge in [0.1, 0.15) is 10.7 Å². The number of nitrogens with two attached hydrogens (primary N) is 1. The molecule has 6 heteroatoms. The predicted molar refractivity (Wildman–Crippen MR) is 82.1 cm³/mol. The number of hydrogen-bond acceptors (Lipinski definition) is 4. The largest absolute Gasteiger partial charge is 0.397 e. The maximum Gasteiger partial charge on any atom is 0.263 e. The SMILES string of the molecule is CC1(NC(=O)c2sc3cccc(F)c3c2N)CCOCC1. The Hall–Kier alpha value is -1.66. The molecule has 1 aliphatic rings. The Labute approximate surface area is 126 Å². The third-order valence-electron chi connectivity index (χ3n) is 3.92. The molecule has 0 unspecified atom stereocenters. The number of anilines is 1. The maximum atomic E-state index is 13.8. The third-order valence-corrected chi connectivity index (χ3v) is 5.09. The fourth-order valence-electron chi connectivity index (χ4n) is 2.58. The van der Waals surface area contributed by atoms with Crippen molar-refractivity contribution in [3.63, 3.8) is 0 Å². The summed E-state index contributed by atoms with van der Waals surface area (Å²) in [6.07, 6.45) is 1.52. The van der Waals surface area contributed by atoms with Crippen LogP contribution in [-0.2, 0) is 4.74 Å². The van der Waals surface area contributed by atoms with Crippen molar-refractivity contribution in [2.24, 2.45) is 0 Å². The zero-order chi connectivity index (χ0) is 15.0. The van der Waals surface area contributed by atoms with Gasteiger partial charge in [0.05, 0.1) is 11.1 Å². The van der Waals surface area contributed by atoms with E-state index in [1.165, 1.54) is 17.4 Å². The van der Waals surface area contributed by atoms with Crippen LogP contribution in [0, 0.1) is 5.82 Å². The molecule has 1 saturated heterocycles. The summed E-state index contributed by atoms with van der Waals surface area (Å²) in [5.41, 5.74) is 5.90. The Morgan fingerprint density at radius 1 is 1.43 bits per heavy atom. The molecule has 4 nitrogen and oxygen atoms in total. The number of carbonyl (C=O) groups is 1. The molecule has 2 aromatic rings. The Kier molecular flexibility index (Phi) is 3.59. The van der Waals surface area contributed by atoms with Gasteiger partial charge in [0.15, 0.2) is 0 Å². The lowest BCUT2D eigenvalue weighted by atomic mass is 9.92. The fraction of sp³-hybridized carbons (Fsp3) is 0.400. The fourth-order valence-corrected chi connectivity index (χ4v) is 3.61. The molecule has 0 bridgehead atoms. The third kappa shape index (κ3) is 2.61. The van der Waals surface area contributed by atoms with E-state index < -0.39 is 5.82 Å². The Morgan fingerprint density at radius 2 is 2.14 bits per heavy atom. The molecular weight excluding hydrogens is 291 g/mol. The zero-order valence-electron chi connectivity index (χ0n) is 11.7. The number of halogens is 1. The molecule has 0 atom stereocenters. The normalized spacial score (nSPS) is 17.8. The highest BCUT2D eigenvalue weighted by Crippen LogP contribution is 2.35. The van der Waals surface area contributed by atoms with E-state index in [9.17, 15) is 9.18 Å². The molecule has 1 fully saturated rings. The van der Waals surface area contributed by atoms with E-state index in [0.29, 0.717) is 28.2 Å². The number of hydrogen-bond donors (Lipinski definition) is 2. The second-order valence-electron chi connectivity index (χ2n) is 5.58. The van der Waals surface area contributed by atoms with Crippen LogP contribution >= 0.6 is 11.3 Å². The minimum atomic E-state index is -0.391. The van der Waals surface area contributed by atoms with Crippen molar-refractivity contribution in [3.8, 4) is 0 Å². The second kappa shape index (κ2) is 5.27. The number of nitrogen functional groups attached to an aromatic ring is 1. The van der Waals surface area contributed by atoms with E-state index in [1.54, 1.807) is 12.1 Å². The van der Waals surface area contributed by atoms with Crippen molar-refractivity contribution in [2.75, 3.05) is 18.9 Å². The molecule has 0 aliphatic carbocycles. The summed E-state index contributed by atoms with van der Waals surface area (Å²) in [7, 11) is 0. The molecule has 0 spiro atoms. The number of fused-ring (bicyclic) bond motifs is 1. The van der Waals surface area contributed by atoms with Gasteiger partial charge >= 0.3 is 0 Å². The van der Waals surface area contributed by atoms with Gasteiger partial charge in [-0.3, -0.25) is 4.79 Å². The summed E-state index contributed by atoms with van der Waals surface area (Å²) in [5.74, 6) is -0.630. The van der Waals surface area contributed by atoms with Crippen molar-refractivity contribution in [1.29, 1.82) is 0 Å². The summed E-state index contributed by atoms with van der Waals surface area (Å²) < 4.78 is 19.8. The molecular formula is C15H17FN2O2S. The van der Waals surface area contributed by atoms with Gasteiger partial charge in [0.2, 0.25) is 0 Å². The highest BCUT2D eigenvalue weighted by atomic mass is 32.1. The minimum Gasteiger partial charge on any atom is -0.397 e. The zero-order valence-corrected chi connectivity index (χ0v) is 12.6. The predicted octanol–water partition coefficient (Wildman–Crippen LogP) is 2.92. The highest BCUT2D eigenvalue weighted by molar-refractivity contribution is 7.21. The average molecular weight is 308 g/mol. The van der Waals surface area contributed by atoms with Gasteiger partial charge in [-0.1, -0.05) is 6.07 Å². The first-order valence-electron chi connectivity index (χ1n) is 6.87. The van der Waals surface area contributed by atoms with E-state index in [4.69, 9.17) is 10.5 Å². The second-order valence-corrected chi connectivity index (χ2v) is 6.64. The van der Waals surface area contributed by atoms with Crippen LogP contribution < -0.4 is 11.1 Å². The molecule has 0 radical (unpaired) electrons. The Bertz CT molecular complexity index is 692. The van der Waals surface area contributed by atoms with Crippen molar-refractivity contribution >= 4 is 33.0 Å². The van der Waals surface area contributed by atoms with E-state index >= 15 is 0 Å². The van der Waals surface area contributed by atoms with Crippen LogP contribution in [0.2, 0.25) is 0 Å². The van der Waals surface area contributed by atoms with Crippen LogP contribution in [0.4, 0.5) is 10.1 Å². The number of rotatable bonds is 2. The molecule has 112 valence electrons. The van der Waals surface area contributed by atoms with Crippen LogP contribution in [0.1, 0.15) is 29.4 Å². The first kappa shape index (κ1) is 14.3. The van der Waals surface area contributed by atoms with Gasteiger partial charge in [-0.2, -0.15) is 0 Å². The van der Waals surface area contributed by atoms with Crippen LogP contribution in [0.25, 0.3) is 10.1 Å². The molecule has 1 aliphatic heterocycles. The number of amides is 1. The van der Waals surface area contributed by atoms with Crippen LogP contribution in [0.15, 0.2) is 18.2 Å². The highest BCUT2D eigenvalue weighted by Gasteiger charge is 2.30. The lowest BCUT2D eigenvalue weighted by molar-refractivity contribution is 0.0424. The van der Waals surface area contributed by atoms with Crippen molar-refractivity contribution in [3.05, 3.63) is 28.9 Å².